The van der Waals surface area contributed by atoms with Crippen LogP contribution in [0.2, 0.25) is 1.41 Å². The van der Waals surface area contributed by atoms with Gasteiger partial charge in [0, 0.05) is 5.75 Å². The van der Waals surface area contributed by atoms with Crippen LogP contribution in [0.4, 0.5) is 0 Å². The molecular formula is C4H9NOS. The summed E-state index contributed by atoms with van der Waals surface area (Å²) in [5.41, 5.74) is 2.08. The van der Waals surface area contributed by atoms with Crippen molar-refractivity contribution in [3.63, 3.8) is 0 Å². The molecule has 42 valence electrons. The van der Waals surface area contributed by atoms with Gasteiger partial charge >= 0.3 is 0 Å². The largest absolute Gasteiger partial charge is 0.321 e. The summed E-state index contributed by atoms with van der Waals surface area (Å²) in [7, 11) is 0. The van der Waals surface area contributed by atoms with Crippen LogP contribution in [0.3, 0.4) is 0 Å². The molecule has 3 heteroatoms. The lowest BCUT2D eigenvalue weighted by Gasteiger charge is -1.98. The van der Waals surface area contributed by atoms with Crippen LogP contribution < -0.4 is 5.73 Å². The molecule has 1 unspecified atom stereocenters. The number of ketones is 1. The fourth-order valence-corrected chi connectivity index (χ4v) is 0.386. The van der Waals surface area contributed by atoms with Gasteiger partial charge in [0.15, 0.2) is 0 Å². The molecule has 0 aliphatic carbocycles. The highest BCUT2D eigenvalue weighted by Gasteiger charge is 2.02. The van der Waals surface area contributed by atoms with Gasteiger partial charge in [0.25, 0.3) is 0 Å². The molecule has 0 spiro atoms. The second-order valence-electron chi connectivity index (χ2n) is 1.35. The Morgan fingerprint density at radius 3 is 2.86 bits per heavy atom. The minimum Gasteiger partial charge on any atom is -0.321 e. The van der Waals surface area contributed by atoms with Gasteiger partial charge in [0.2, 0.25) is 0 Å². The maximum Gasteiger partial charge on any atom is 0.147 e. The molecule has 7 heavy (non-hydrogen) atoms. The predicted octanol–water partition coefficient (Wildman–Crippen LogP) is -0.168. The van der Waals surface area contributed by atoms with Gasteiger partial charge in [-0.25, -0.2) is 0 Å². The van der Waals surface area contributed by atoms with Gasteiger partial charge in [-0.1, -0.05) is 0 Å². The predicted molar refractivity (Wildman–Crippen MR) is 32.5 cm³/mol. The van der Waals surface area contributed by atoms with Crippen molar-refractivity contribution in [1.82, 2.24) is 0 Å². The fourth-order valence-electron chi connectivity index (χ4n) is 0.129. The second kappa shape index (κ2) is 3.04. The fraction of sp³-hybridized carbons (Fsp3) is 0.750. The zero-order valence-electron chi connectivity index (χ0n) is 5.14. The normalized spacial score (nSPS) is 15.4. The number of carbonyl (C=O) groups excluding carboxylic acids is 1. The highest BCUT2D eigenvalue weighted by Crippen LogP contribution is 1.82. The first-order chi connectivity index (χ1) is 3.72. The summed E-state index contributed by atoms with van der Waals surface area (Å²) in [6.07, 6.45) is 0. The lowest BCUT2D eigenvalue weighted by Crippen LogP contribution is -2.29. The summed E-state index contributed by atoms with van der Waals surface area (Å²) in [6.45, 7) is 1.43. The molecule has 0 heterocycles. The summed E-state index contributed by atoms with van der Waals surface area (Å²) in [5, 5.41) is 0. The van der Waals surface area contributed by atoms with Crippen molar-refractivity contribution in [1.29, 1.82) is 0 Å². The Balaban J connectivity index is 3.52. The Morgan fingerprint density at radius 1 is 2.29 bits per heavy atom. The van der Waals surface area contributed by atoms with Crippen LogP contribution in [-0.4, -0.2) is 17.6 Å². The SMILES string of the molecule is [2H]NC(CS)C(C)=O. The number of Topliss-reactive ketones (excluding diaryl/α,β-unsaturated/α-hetero) is 1. The molecule has 1 atom stereocenters. The van der Waals surface area contributed by atoms with Crippen LogP contribution in [0.15, 0.2) is 0 Å². The van der Waals surface area contributed by atoms with Crippen LogP contribution in [-0.2, 0) is 4.79 Å². The molecule has 0 aliphatic rings. The quantitative estimate of drug-likeness (QED) is 0.508. The molecular weight excluding hydrogens is 110 g/mol. The molecule has 0 aromatic heterocycles. The third-order valence-electron chi connectivity index (χ3n) is 0.673. The third-order valence-corrected chi connectivity index (χ3v) is 1.04. The Bertz CT molecular complexity index is 84.1. The zero-order valence-corrected chi connectivity index (χ0v) is 5.03. The Morgan fingerprint density at radius 2 is 2.86 bits per heavy atom. The molecule has 0 radical (unpaired) electrons. The summed E-state index contributed by atoms with van der Waals surface area (Å²) in [5.74, 6) is 0.341. The van der Waals surface area contributed by atoms with Gasteiger partial charge in [-0.2, -0.15) is 12.6 Å². The first kappa shape index (κ1) is 5.12. The monoisotopic (exact) mass is 120 g/mol. The standard InChI is InChI=1S/C4H9NOS/c1-3(6)4(5)2-7/h4,7H,2,5H2,1H3/i/hD. The van der Waals surface area contributed by atoms with E-state index in [1.54, 1.807) is 0 Å². The molecule has 2 nitrogen and oxygen atoms in total. The lowest BCUT2D eigenvalue weighted by atomic mass is 10.3. The number of carbonyl (C=O) groups is 1. The number of thiol groups is 1. The number of hydrogen-bond acceptors (Lipinski definition) is 3. The summed E-state index contributed by atoms with van der Waals surface area (Å²) >= 11 is 3.83. The van der Waals surface area contributed by atoms with Crippen molar-refractivity contribution in [2.45, 2.75) is 13.0 Å². The average molecular weight is 120 g/mol. The Kier molecular flexibility index (Phi) is 2.23. The van der Waals surface area contributed by atoms with E-state index < -0.39 is 6.04 Å². The van der Waals surface area contributed by atoms with Gasteiger partial charge in [-0.05, 0) is 6.92 Å². The summed E-state index contributed by atoms with van der Waals surface area (Å²) in [6, 6.07) is -0.404. The number of nitrogens with two attached hydrogens (primary N) is 1. The molecule has 2 N–H and O–H groups in total. The van der Waals surface area contributed by atoms with Crippen LogP contribution >= 0.6 is 12.6 Å². The highest BCUT2D eigenvalue weighted by molar-refractivity contribution is 7.80. The molecule has 0 aliphatic heterocycles. The first-order valence-corrected chi connectivity index (χ1v) is 2.64. The van der Waals surface area contributed by atoms with Crippen molar-refractivity contribution in [2.24, 2.45) is 5.73 Å². The minimum absolute atomic E-state index is 0.0463. The number of rotatable bonds is 3. The van der Waals surface area contributed by atoms with Crippen LogP contribution in [0.25, 0.3) is 0 Å². The van der Waals surface area contributed by atoms with E-state index in [0.717, 1.165) is 0 Å². The first-order valence-electron chi connectivity index (χ1n) is 2.51. The van der Waals surface area contributed by atoms with Gasteiger partial charge in [-0.15, -0.1) is 0 Å². The van der Waals surface area contributed by atoms with Crippen molar-refractivity contribution < 1.29 is 6.21 Å². The van der Waals surface area contributed by atoms with E-state index in [2.05, 4.69) is 18.4 Å². The van der Waals surface area contributed by atoms with Crippen LogP contribution in [0, 0.1) is 0 Å². The van der Waals surface area contributed by atoms with Gasteiger partial charge in [0.1, 0.15) is 7.20 Å². The maximum atomic E-state index is 10.4. The smallest absolute Gasteiger partial charge is 0.147 e. The molecule has 0 aromatic carbocycles. The van der Waals surface area contributed by atoms with Crippen molar-refractivity contribution >= 4 is 18.4 Å². The minimum atomic E-state index is -0.404. The third kappa shape index (κ3) is 2.65. The van der Waals surface area contributed by atoms with E-state index in [-0.39, 0.29) is 5.78 Å². The number of hydrogen-bond donors (Lipinski definition) is 2. The van der Waals surface area contributed by atoms with Crippen LogP contribution in [0.5, 0.6) is 0 Å². The molecule has 0 aromatic rings. The van der Waals surface area contributed by atoms with Crippen molar-refractivity contribution in [2.75, 3.05) is 5.75 Å². The highest BCUT2D eigenvalue weighted by atomic mass is 32.1. The van der Waals surface area contributed by atoms with Crippen molar-refractivity contribution in [3.8, 4) is 0 Å². The average Bonchev–Trinajstić information content (AvgIpc) is 1.69. The topological polar surface area (TPSA) is 43.1 Å². The van der Waals surface area contributed by atoms with Crippen LogP contribution in [0.1, 0.15) is 6.92 Å². The van der Waals surface area contributed by atoms with E-state index in [9.17, 15) is 4.79 Å². The molecule has 0 rings (SSSR count). The van der Waals surface area contributed by atoms with Gasteiger partial charge in [-0.3, -0.25) is 4.79 Å². The summed E-state index contributed by atoms with van der Waals surface area (Å²) < 4.78 is 6.57. The zero-order chi connectivity index (χ0) is 6.57. The van der Waals surface area contributed by atoms with Gasteiger partial charge < -0.3 is 5.73 Å². The van der Waals surface area contributed by atoms with E-state index in [0.29, 0.717) is 5.75 Å². The Labute approximate surface area is 50.0 Å². The van der Waals surface area contributed by atoms with E-state index in [1.165, 1.54) is 6.92 Å². The van der Waals surface area contributed by atoms with E-state index in [4.69, 9.17) is 1.41 Å². The molecule has 0 saturated carbocycles. The molecule has 0 bridgehead atoms. The van der Waals surface area contributed by atoms with E-state index in [1.807, 2.05) is 0 Å². The van der Waals surface area contributed by atoms with Gasteiger partial charge in [0.05, 0.1) is 6.04 Å². The summed E-state index contributed by atoms with van der Waals surface area (Å²) in [4.78, 5) is 10.4. The second-order valence-corrected chi connectivity index (χ2v) is 1.71. The van der Waals surface area contributed by atoms with Crippen molar-refractivity contribution in [3.05, 3.63) is 0 Å². The van der Waals surface area contributed by atoms with E-state index >= 15 is 0 Å². The Hall–Kier alpha value is -0.0200. The molecule has 0 amide bonds. The molecule has 0 saturated heterocycles. The molecule has 0 fully saturated rings. The maximum absolute atomic E-state index is 10.4. The lowest BCUT2D eigenvalue weighted by molar-refractivity contribution is -0.117.